The molecule has 1 N–H and O–H groups in total. The molecular formula is C13H23NO3. The molecule has 17 heavy (non-hydrogen) atoms. The number of rotatable bonds is 4. The number of ether oxygens (including phenoxy) is 2. The van der Waals surface area contributed by atoms with Crippen molar-refractivity contribution < 1.29 is 14.3 Å². The predicted molar refractivity (Wildman–Crippen MR) is 66.9 cm³/mol. The Morgan fingerprint density at radius 2 is 1.94 bits per heavy atom. The number of carbonyl (C=O) groups is 1. The van der Waals surface area contributed by atoms with E-state index in [1.165, 1.54) is 0 Å². The van der Waals surface area contributed by atoms with Gasteiger partial charge in [0.1, 0.15) is 6.10 Å². The van der Waals surface area contributed by atoms with Crippen LogP contribution in [0.25, 0.3) is 0 Å². The lowest BCUT2D eigenvalue weighted by atomic mass is 9.99. The second kappa shape index (κ2) is 6.64. The maximum atomic E-state index is 11.6. The van der Waals surface area contributed by atoms with Gasteiger partial charge < -0.3 is 14.8 Å². The Balaban J connectivity index is 2.30. The van der Waals surface area contributed by atoms with Gasteiger partial charge in [0.25, 0.3) is 0 Å². The summed E-state index contributed by atoms with van der Waals surface area (Å²) in [5, 5.41) is 2.81. The Hall–Kier alpha value is -1.03. The highest BCUT2D eigenvalue weighted by molar-refractivity contribution is 5.68. The fourth-order valence-electron chi connectivity index (χ4n) is 1.75. The molecule has 1 amide bonds. The van der Waals surface area contributed by atoms with Crippen molar-refractivity contribution in [2.75, 3.05) is 13.2 Å². The summed E-state index contributed by atoms with van der Waals surface area (Å²) in [6.07, 6.45) is 1.20. The fourth-order valence-corrected chi connectivity index (χ4v) is 1.75. The first-order valence-electron chi connectivity index (χ1n) is 6.24. The smallest absolute Gasteiger partial charge is 0.407 e. The highest BCUT2D eigenvalue weighted by Gasteiger charge is 2.20. The fraction of sp³-hybridized carbons (Fsp3) is 0.769. The summed E-state index contributed by atoms with van der Waals surface area (Å²) in [6, 6.07) is -0.0534. The van der Waals surface area contributed by atoms with Gasteiger partial charge in [-0.05, 0) is 12.8 Å². The van der Waals surface area contributed by atoms with Crippen LogP contribution in [0.4, 0.5) is 4.79 Å². The molecule has 4 nitrogen and oxygen atoms in total. The van der Waals surface area contributed by atoms with E-state index in [0.717, 1.165) is 18.4 Å². The molecule has 1 unspecified atom stereocenters. The lowest BCUT2D eigenvalue weighted by Crippen LogP contribution is -2.38. The minimum atomic E-state index is -0.355. The molecule has 0 aliphatic carbocycles. The summed E-state index contributed by atoms with van der Waals surface area (Å²) in [5.74, 6) is 0.355. The molecular weight excluding hydrogens is 218 g/mol. The number of carbonyl (C=O) groups excluding carboxylic acids is 1. The lowest BCUT2D eigenvalue weighted by Gasteiger charge is -2.24. The van der Waals surface area contributed by atoms with Gasteiger partial charge in [-0.2, -0.15) is 0 Å². The van der Waals surface area contributed by atoms with Crippen molar-refractivity contribution in [2.24, 2.45) is 5.92 Å². The molecule has 0 aromatic rings. The van der Waals surface area contributed by atoms with Crippen molar-refractivity contribution >= 4 is 6.09 Å². The van der Waals surface area contributed by atoms with Crippen molar-refractivity contribution in [3.63, 3.8) is 0 Å². The van der Waals surface area contributed by atoms with Gasteiger partial charge >= 0.3 is 6.09 Å². The predicted octanol–water partition coefficient (Wildman–Crippen LogP) is 2.49. The standard InChI is InChI=1S/C13H23NO3/c1-9(2)10(3)11(4)14-13(15)17-12-5-7-16-8-6-12/h9,11-12H,3,5-8H2,1-2,4H3,(H,14,15). The monoisotopic (exact) mass is 241 g/mol. The third kappa shape index (κ3) is 4.77. The quantitative estimate of drug-likeness (QED) is 0.769. The normalized spacial score (nSPS) is 18.8. The zero-order valence-corrected chi connectivity index (χ0v) is 11.0. The van der Waals surface area contributed by atoms with E-state index in [-0.39, 0.29) is 18.2 Å². The summed E-state index contributed by atoms with van der Waals surface area (Å²) < 4.78 is 10.5. The molecule has 1 fully saturated rings. The topological polar surface area (TPSA) is 47.6 Å². The van der Waals surface area contributed by atoms with E-state index < -0.39 is 0 Å². The molecule has 1 aliphatic rings. The number of hydrogen-bond acceptors (Lipinski definition) is 3. The zero-order valence-electron chi connectivity index (χ0n) is 11.0. The summed E-state index contributed by atoms with van der Waals surface area (Å²) in [4.78, 5) is 11.6. The van der Waals surface area contributed by atoms with Crippen LogP contribution in [0, 0.1) is 5.92 Å². The van der Waals surface area contributed by atoms with Crippen LogP contribution in [0.2, 0.25) is 0 Å². The minimum Gasteiger partial charge on any atom is -0.446 e. The van der Waals surface area contributed by atoms with Gasteiger partial charge in [0.05, 0.1) is 19.3 Å². The number of amides is 1. The summed E-state index contributed by atoms with van der Waals surface area (Å²) in [6.45, 7) is 11.4. The first-order valence-corrected chi connectivity index (χ1v) is 6.24. The largest absolute Gasteiger partial charge is 0.446 e. The van der Waals surface area contributed by atoms with Crippen LogP contribution < -0.4 is 5.32 Å². The van der Waals surface area contributed by atoms with Crippen LogP contribution in [0.5, 0.6) is 0 Å². The Kier molecular flexibility index (Phi) is 5.48. The van der Waals surface area contributed by atoms with E-state index in [4.69, 9.17) is 9.47 Å². The van der Waals surface area contributed by atoms with Gasteiger partial charge in [-0.25, -0.2) is 4.79 Å². The molecule has 4 heteroatoms. The molecule has 1 heterocycles. The second-order valence-electron chi connectivity index (χ2n) is 4.81. The van der Waals surface area contributed by atoms with Gasteiger partial charge in [-0.1, -0.05) is 26.0 Å². The molecule has 0 bridgehead atoms. The van der Waals surface area contributed by atoms with Crippen molar-refractivity contribution in [1.82, 2.24) is 5.32 Å². The van der Waals surface area contributed by atoms with Gasteiger partial charge in [0.15, 0.2) is 0 Å². The highest BCUT2D eigenvalue weighted by Crippen LogP contribution is 2.13. The number of alkyl carbamates (subject to hydrolysis) is 1. The van der Waals surface area contributed by atoms with E-state index in [1.807, 2.05) is 6.92 Å². The SMILES string of the molecule is C=C(C(C)C)C(C)NC(=O)OC1CCOCC1. The summed E-state index contributed by atoms with van der Waals surface area (Å²) >= 11 is 0. The van der Waals surface area contributed by atoms with E-state index in [2.05, 4.69) is 25.7 Å². The average molecular weight is 241 g/mol. The summed E-state index contributed by atoms with van der Waals surface area (Å²) in [7, 11) is 0. The van der Waals surface area contributed by atoms with E-state index in [9.17, 15) is 4.79 Å². The molecule has 1 aliphatic heterocycles. The maximum Gasteiger partial charge on any atom is 0.407 e. The van der Waals surface area contributed by atoms with Crippen LogP contribution in [0.3, 0.4) is 0 Å². The van der Waals surface area contributed by atoms with Crippen LogP contribution in [-0.4, -0.2) is 31.5 Å². The lowest BCUT2D eigenvalue weighted by molar-refractivity contribution is 0.00119. The molecule has 1 saturated heterocycles. The van der Waals surface area contributed by atoms with E-state index in [0.29, 0.717) is 19.1 Å². The number of hydrogen-bond donors (Lipinski definition) is 1. The maximum absolute atomic E-state index is 11.6. The third-order valence-corrected chi connectivity index (χ3v) is 3.07. The number of nitrogens with one attached hydrogen (secondary N) is 1. The van der Waals surface area contributed by atoms with Crippen LogP contribution in [-0.2, 0) is 9.47 Å². The van der Waals surface area contributed by atoms with Crippen molar-refractivity contribution in [2.45, 2.75) is 45.8 Å². The molecule has 0 aromatic carbocycles. The van der Waals surface area contributed by atoms with E-state index >= 15 is 0 Å². The molecule has 0 saturated carbocycles. The van der Waals surface area contributed by atoms with Crippen molar-refractivity contribution in [3.05, 3.63) is 12.2 Å². The van der Waals surface area contributed by atoms with Crippen LogP contribution in [0.1, 0.15) is 33.6 Å². The van der Waals surface area contributed by atoms with E-state index in [1.54, 1.807) is 0 Å². The molecule has 0 spiro atoms. The van der Waals surface area contributed by atoms with Gasteiger partial charge in [-0.3, -0.25) is 0 Å². The highest BCUT2D eigenvalue weighted by atomic mass is 16.6. The molecule has 0 aromatic heterocycles. The van der Waals surface area contributed by atoms with Crippen molar-refractivity contribution in [3.8, 4) is 0 Å². The Morgan fingerprint density at radius 1 is 1.35 bits per heavy atom. The van der Waals surface area contributed by atoms with Gasteiger partial charge in [0.2, 0.25) is 0 Å². The molecule has 98 valence electrons. The van der Waals surface area contributed by atoms with Gasteiger partial charge in [0, 0.05) is 12.8 Å². The average Bonchev–Trinajstić information content (AvgIpc) is 2.28. The Labute approximate surface area is 103 Å². The van der Waals surface area contributed by atoms with Crippen molar-refractivity contribution in [1.29, 1.82) is 0 Å². The zero-order chi connectivity index (χ0) is 12.8. The third-order valence-electron chi connectivity index (χ3n) is 3.07. The van der Waals surface area contributed by atoms with Crippen LogP contribution >= 0.6 is 0 Å². The molecule has 0 radical (unpaired) electrons. The second-order valence-corrected chi connectivity index (χ2v) is 4.81. The summed E-state index contributed by atoms with van der Waals surface area (Å²) in [5.41, 5.74) is 1.01. The Morgan fingerprint density at radius 3 is 2.47 bits per heavy atom. The first-order chi connectivity index (χ1) is 8.00. The molecule has 1 rings (SSSR count). The van der Waals surface area contributed by atoms with Crippen LogP contribution in [0.15, 0.2) is 12.2 Å². The first kappa shape index (κ1) is 14.0. The molecule has 1 atom stereocenters. The minimum absolute atomic E-state index is 0.0109. The Bertz CT molecular complexity index is 270. The van der Waals surface area contributed by atoms with Gasteiger partial charge in [-0.15, -0.1) is 0 Å².